The number of Topliss-reactive ketones (excluding diaryl/α,β-unsaturated/α-hetero) is 1. The van der Waals surface area contributed by atoms with E-state index in [4.69, 9.17) is 4.74 Å². The zero-order valence-electron chi connectivity index (χ0n) is 10.1. The Labute approximate surface area is 97.6 Å². The molecule has 0 aromatic heterocycles. The fourth-order valence-corrected chi connectivity index (χ4v) is 1.68. The molecule has 16 heavy (non-hydrogen) atoms. The lowest BCUT2D eigenvalue weighted by Gasteiger charge is -2.15. The van der Waals surface area contributed by atoms with Crippen LogP contribution in [0.25, 0.3) is 0 Å². The minimum atomic E-state index is 0.0720. The number of carbonyl (C=O) groups excluding carboxylic acids is 1. The second-order valence-electron chi connectivity index (χ2n) is 4.11. The molecule has 1 rings (SSSR count). The van der Waals surface area contributed by atoms with Gasteiger partial charge >= 0.3 is 0 Å². The first kappa shape index (κ1) is 12.9. The molecule has 0 saturated heterocycles. The van der Waals surface area contributed by atoms with Gasteiger partial charge in [0.15, 0.2) is 0 Å². The first-order chi connectivity index (χ1) is 7.72. The van der Waals surface area contributed by atoms with Crippen molar-refractivity contribution in [3.05, 3.63) is 35.9 Å². The molecule has 88 valence electrons. The van der Waals surface area contributed by atoms with Crippen LogP contribution in [-0.2, 0) is 16.1 Å². The zero-order valence-corrected chi connectivity index (χ0v) is 10.1. The van der Waals surface area contributed by atoms with E-state index in [0.29, 0.717) is 13.0 Å². The van der Waals surface area contributed by atoms with Crippen molar-refractivity contribution in [2.45, 2.75) is 45.8 Å². The van der Waals surface area contributed by atoms with Crippen LogP contribution >= 0.6 is 0 Å². The number of ether oxygens (including phenoxy) is 1. The number of carbonyl (C=O) groups is 1. The molecule has 0 aliphatic heterocycles. The van der Waals surface area contributed by atoms with E-state index in [-0.39, 0.29) is 11.9 Å². The number of benzene rings is 1. The minimum Gasteiger partial charge on any atom is -0.373 e. The summed E-state index contributed by atoms with van der Waals surface area (Å²) in [7, 11) is 0. The molecule has 2 heteroatoms. The van der Waals surface area contributed by atoms with Crippen molar-refractivity contribution in [3.8, 4) is 0 Å². The van der Waals surface area contributed by atoms with Crippen LogP contribution in [0.1, 0.15) is 38.7 Å². The molecule has 0 spiro atoms. The topological polar surface area (TPSA) is 26.3 Å². The van der Waals surface area contributed by atoms with Gasteiger partial charge in [0, 0.05) is 6.42 Å². The van der Waals surface area contributed by atoms with Crippen LogP contribution in [0.2, 0.25) is 0 Å². The van der Waals surface area contributed by atoms with E-state index in [1.807, 2.05) is 30.3 Å². The van der Waals surface area contributed by atoms with Gasteiger partial charge < -0.3 is 4.74 Å². The highest BCUT2D eigenvalue weighted by molar-refractivity contribution is 5.75. The van der Waals surface area contributed by atoms with Gasteiger partial charge in [0.1, 0.15) is 5.78 Å². The fraction of sp³-hybridized carbons (Fsp3) is 0.500. The predicted molar refractivity (Wildman–Crippen MR) is 65.2 cm³/mol. The molecule has 2 nitrogen and oxygen atoms in total. The summed E-state index contributed by atoms with van der Waals surface area (Å²) in [6.45, 7) is 4.33. The van der Waals surface area contributed by atoms with E-state index >= 15 is 0 Å². The maximum atomic E-state index is 11.1. The van der Waals surface area contributed by atoms with Gasteiger partial charge in [-0.05, 0) is 18.9 Å². The van der Waals surface area contributed by atoms with Crippen LogP contribution in [0, 0.1) is 0 Å². The lowest BCUT2D eigenvalue weighted by atomic mass is 10.1. The van der Waals surface area contributed by atoms with E-state index in [1.165, 1.54) is 0 Å². The molecule has 0 aliphatic rings. The summed E-state index contributed by atoms with van der Waals surface area (Å²) in [5.41, 5.74) is 1.16. The van der Waals surface area contributed by atoms with Gasteiger partial charge in [0.05, 0.1) is 12.7 Å². The van der Waals surface area contributed by atoms with Gasteiger partial charge in [-0.3, -0.25) is 4.79 Å². The highest BCUT2D eigenvalue weighted by Crippen LogP contribution is 2.11. The largest absolute Gasteiger partial charge is 0.373 e. The average Bonchev–Trinajstić information content (AvgIpc) is 2.27. The highest BCUT2D eigenvalue weighted by Gasteiger charge is 2.10. The second-order valence-corrected chi connectivity index (χ2v) is 4.11. The van der Waals surface area contributed by atoms with Crippen molar-refractivity contribution in [2.75, 3.05) is 0 Å². The molecule has 1 unspecified atom stereocenters. The Morgan fingerprint density at radius 2 is 2.00 bits per heavy atom. The summed E-state index contributed by atoms with van der Waals surface area (Å²) in [6.07, 6.45) is 2.60. The number of rotatable bonds is 7. The summed E-state index contributed by atoms with van der Waals surface area (Å²) in [5.74, 6) is 0.200. The van der Waals surface area contributed by atoms with Crippen molar-refractivity contribution < 1.29 is 9.53 Å². The van der Waals surface area contributed by atoms with Crippen molar-refractivity contribution in [1.29, 1.82) is 0 Å². The Balaban J connectivity index is 2.40. The molecule has 0 saturated carbocycles. The first-order valence-electron chi connectivity index (χ1n) is 5.87. The Bertz CT molecular complexity index is 306. The number of hydrogen-bond acceptors (Lipinski definition) is 2. The van der Waals surface area contributed by atoms with Gasteiger partial charge in [0.2, 0.25) is 0 Å². The standard InChI is InChI=1S/C14H20O2/c1-3-7-14(10-12(2)15)16-11-13-8-5-4-6-9-13/h4-6,8-9,14H,3,7,10-11H2,1-2H3. The monoisotopic (exact) mass is 220 g/mol. The fourth-order valence-electron chi connectivity index (χ4n) is 1.68. The number of hydrogen-bond donors (Lipinski definition) is 0. The molecule has 0 fully saturated rings. The van der Waals surface area contributed by atoms with Crippen molar-refractivity contribution in [2.24, 2.45) is 0 Å². The van der Waals surface area contributed by atoms with Crippen LogP contribution in [0.4, 0.5) is 0 Å². The van der Waals surface area contributed by atoms with Gasteiger partial charge in [-0.2, -0.15) is 0 Å². The molecule has 1 aromatic carbocycles. The van der Waals surface area contributed by atoms with Crippen LogP contribution in [0.5, 0.6) is 0 Å². The molecule has 0 N–H and O–H groups in total. The van der Waals surface area contributed by atoms with Crippen molar-refractivity contribution >= 4 is 5.78 Å². The summed E-state index contributed by atoms with van der Waals surface area (Å²) in [6, 6.07) is 10.1. The van der Waals surface area contributed by atoms with Gasteiger partial charge in [-0.25, -0.2) is 0 Å². The second kappa shape index (κ2) is 7.18. The molecule has 0 heterocycles. The Kier molecular flexibility index (Phi) is 5.79. The third kappa shape index (κ3) is 5.08. The van der Waals surface area contributed by atoms with Crippen LogP contribution in [-0.4, -0.2) is 11.9 Å². The summed E-state index contributed by atoms with van der Waals surface area (Å²) >= 11 is 0. The molecule has 1 atom stereocenters. The normalized spacial score (nSPS) is 12.4. The minimum absolute atomic E-state index is 0.0720. The maximum Gasteiger partial charge on any atom is 0.132 e. The third-order valence-electron chi connectivity index (χ3n) is 2.45. The van der Waals surface area contributed by atoms with E-state index < -0.39 is 0 Å². The van der Waals surface area contributed by atoms with Gasteiger partial charge in [0.25, 0.3) is 0 Å². The van der Waals surface area contributed by atoms with Crippen LogP contribution < -0.4 is 0 Å². The highest BCUT2D eigenvalue weighted by atomic mass is 16.5. The van der Waals surface area contributed by atoms with Crippen LogP contribution in [0.15, 0.2) is 30.3 Å². The molecule has 0 bridgehead atoms. The molecule has 0 amide bonds. The van der Waals surface area contributed by atoms with Crippen molar-refractivity contribution in [1.82, 2.24) is 0 Å². The summed E-state index contributed by atoms with van der Waals surface area (Å²) in [4.78, 5) is 11.1. The van der Waals surface area contributed by atoms with E-state index in [0.717, 1.165) is 18.4 Å². The van der Waals surface area contributed by atoms with Crippen LogP contribution in [0.3, 0.4) is 0 Å². The molecular formula is C14H20O2. The lowest BCUT2D eigenvalue weighted by molar-refractivity contribution is -0.120. The predicted octanol–water partition coefficient (Wildman–Crippen LogP) is 3.35. The quantitative estimate of drug-likeness (QED) is 0.704. The van der Waals surface area contributed by atoms with Crippen molar-refractivity contribution in [3.63, 3.8) is 0 Å². The first-order valence-corrected chi connectivity index (χ1v) is 5.87. The molecule has 0 radical (unpaired) electrons. The Hall–Kier alpha value is -1.15. The van der Waals surface area contributed by atoms with Gasteiger partial charge in [-0.15, -0.1) is 0 Å². The summed E-state index contributed by atoms with van der Waals surface area (Å²) in [5, 5.41) is 0. The maximum absolute atomic E-state index is 11.1. The van der Waals surface area contributed by atoms with E-state index in [1.54, 1.807) is 6.92 Å². The third-order valence-corrected chi connectivity index (χ3v) is 2.45. The molecular weight excluding hydrogens is 200 g/mol. The Morgan fingerprint density at radius 1 is 1.31 bits per heavy atom. The number of ketones is 1. The van der Waals surface area contributed by atoms with E-state index in [9.17, 15) is 4.79 Å². The molecule has 1 aromatic rings. The molecule has 0 aliphatic carbocycles. The SMILES string of the molecule is CCCC(CC(C)=O)OCc1ccccc1. The average molecular weight is 220 g/mol. The zero-order chi connectivity index (χ0) is 11.8. The smallest absolute Gasteiger partial charge is 0.132 e. The Morgan fingerprint density at radius 3 is 2.56 bits per heavy atom. The van der Waals surface area contributed by atoms with E-state index in [2.05, 4.69) is 6.92 Å². The lowest BCUT2D eigenvalue weighted by Crippen LogP contribution is -2.16. The summed E-state index contributed by atoms with van der Waals surface area (Å²) < 4.78 is 5.76. The van der Waals surface area contributed by atoms with Gasteiger partial charge in [-0.1, -0.05) is 43.7 Å².